The van der Waals surface area contributed by atoms with Crippen LogP contribution in [0.1, 0.15) is 6.42 Å². The Morgan fingerprint density at radius 2 is 2.14 bits per heavy atom. The highest BCUT2D eigenvalue weighted by atomic mass is 32.2. The van der Waals surface area contributed by atoms with Crippen molar-refractivity contribution < 1.29 is 0 Å². The molecule has 0 radical (unpaired) electrons. The maximum absolute atomic E-state index is 3.33. The van der Waals surface area contributed by atoms with Crippen molar-refractivity contribution >= 4 is 11.8 Å². The summed E-state index contributed by atoms with van der Waals surface area (Å²) in [5.74, 6) is 2.66. The second-order valence-corrected chi connectivity index (χ2v) is 2.94. The Morgan fingerprint density at radius 1 is 1.14 bits per heavy atom. The van der Waals surface area contributed by atoms with E-state index in [4.69, 9.17) is 0 Å². The van der Waals surface area contributed by atoms with Gasteiger partial charge in [-0.05, 0) is 18.7 Å². The summed E-state index contributed by atoms with van der Waals surface area (Å²) in [4.78, 5) is 0. The van der Waals surface area contributed by atoms with Gasteiger partial charge in [-0.2, -0.15) is 11.8 Å². The molecule has 0 aromatic heterocycles. The zero-order chi connectivity index (χ0) is 4.95. The fourth-order valence-corrected chi connectivity index (χ4v) is 1.51. The Bertz CT molecular complexity index is 27.7. The molecule has 42 valence electrons. The van der Waals surface area contributed by atoms with Gasteiger partial charge in [0.15, 0.2) is 0 Å². The molecule has 0 aromatic carbocycles. The van der Waals surface area contributed by atoms with Gasteiger partial charge in [-0.25, -0.2) is 0 Å². The van der Waals surface area contributed by atoms with Gasteiger partial charge < -0.3 is 5.32 Å². The second kappa shape index (κ2) is 3.33. The smallest absolute Gasteiger partial charge is 0.00581 e. The Hall–Kier alpha value is 0.310. The first-order valence-corrected chi connectivity index (χ1v) is 3.94. The van der Waals surface area contributed by atoms with E-state index in [0.29, 0.717) is 0 Å². The minimum Gasteiger partial charge on any atom is -0.316 e. The topological polar surface area (TPSA) is 12.0 Å². The van der Waals surface area contributed by atoms with Gasteiger partial charge >= 0.3 is 0 Å². The monoisotopic (exact) mass is 117 g/mol. The summed E-state index contributed by atoms with van der Waals surface area (Å²) in [6, 6.07) is 0. The van der Waals surface area contributed by atoms with Gasteiger partial charge in [0.2, 0.25) is 0 Å². The van der Waals surface area contributed by atoms with Crippen molar-refractivity contribution in [3.63, 3.8) is 0 Å². The summed E-state index contributed by atoms with van der Waals surface area (Å²) in [5, 5.41) is 3.33. The maximum atomic E-state index is 3.33. The molecule has 7 heavy (non-hydrogen) atoms. The minimum absolute atomic E-state index is 1.21. The van der Waals surface area contributed by atoms with Crippen molar-refractivity contribution in [1.82, 2.24) is 5.32 Å². The first-order valence-electron chi connectivity index (χ1n) is 2.78. The molecule has 0 amide bonds. The van der Waals surface area contributed by atoms with Crippen molar-refractivity contribution in [2.75, 3.05) is 24.6 Å². The van der Waals surface area contributed by atoms with Crippen molar-refractivity contribution in [3.05, 3.63) is 0 Å². The molecular formula is C5H11NS. The van der Waals surface area contributed by atoms with Crippen LogP contribution in [0.4, 0.5) is 0 Å². The fourth-order valence-electron chi connectivity index (χ4n) is 0.671. The van der Waals surface area contributed by atoms with Gasteiger partial charge in [0.1, 0.15) is 0 Å². The molecule has 1 aliphatic heterocycles. The van der Waals surface area contributed by atoms with E-state index < -0.39 is 0 Å². The van der Waals surface area contributed by atoms with Gasteiger partial charge in [-0.1, -0.05) is 0 Å². The molecule has 1 aliphatic rings. The molecule has 2 heteroatoms. The molecule has 0 aromatic rings. The molecule has 1 N–H and O–H groups in total. The van der Waals surface area contributed by atoms with E-state index in [2.05, 4.69) is 17.1 Å². The van der Waals surface area contributed by atoms with Crippen LogP contribution in [0.2, 0.25) is 0 Å². The molecule has 0 unspecified atom stereocenters. The standard InChI is InChI=1S/C5H11NS/c1-2-6-3-5-7-4-1/h6H,1-5H2. The van der Waals surface area contributed by atoms with Crippen LogP contribution in [-0.2, 0) is 0 Å². The van der Waals surface area contributed by atoms with Crippen molar-refractivity contribution in [1.29, 1.82) is 0 Å². The Morgan fingerprint density at radius 3 is 3.14 bits per heavy atom. The predicted octanol–water partition coefficient (Wildman–Crippen LogP) is 0.713. The fraction of sp³-hybridized carbons (Fsp3) is 1.00. The number of hydrogen-bond donors (Lipinski definition) is 1. The van der Waals surface area contributed by atoms with E-state index in [1.165, 1.54) is 31.0 Å². The number of hydrogen-bond acceptors (Lipinski definition) is 2. The van der Waals surface area contributed by atoms with Crippen LogP contribution in [-0.4, -0.2) is 24.6 Å². The van der Waals surface area contributed by atoms with Crippen LogP contribution >= 0.6 is 11.8 Å². The Kier molecular flexibility index (Phi) is 2.59. The van der Waals surface area contributed by atoms with E-state index in [1.54, 1.807) is 0 Å². The van der Waals surface area contributed by atoms with Gasteiger partial charge in [0.25, 0.3) is 0 Å². The molecule has 0 aliphatic carbocycles. The number of rotatable bonds is 0. The van der Waals surface area contributed by atoms with E-state index in [1.807, 2.05) is 0 Å². The van der Waals surface area contributed by atoms with Gasteiger partial charge in [0, 0.05) is 12.3 Å². The summed E-state index contributed by atoms with van der Waals surface area (Å²) in [6.07, 6.45) is 1.35. The second-order valence-electron chi connectivity index (χ2n) is 1.72. The Labute approximate surface area is 48.9 Å². The van der Waals surface area contributed by atoms with E-state index in [9.17, 15) is 0 Å². The summed E-state index contributed by atoms with van der Waals surface area (Å²) in [6.45, 7) is 2.44. The minimum atomic E-state index is 1.21. The third-order valence-corrected chi connectivity index (χ3v) is 2.14. The molecule has 1 fully saturated rings. The third kappa shape index (κ3) is 2.19. The van der Waals surface area contributed by atoms with Crippen LogP contribution < -0.4 is 5.32 Å². The average Bonchev–Trinajstić information content (AvgIpc) is 1.90. The zero-order valence-corrected chi connectivity index (χ0v) is 5.26. The molecule has 0 atom stereocenters. The molecule has 1 rings (SSSR count). The van der Waals surface area contributed by atoms with Gasteiger partial charge in [0.05, 0.1) is 0 Å². The van der Waals surface area contributed by atoms with Crippen LogP contribution in [0.3, 0.4) is 0 Å². The molecule has 1 heterocycles. The third-order valence-electron chi connectivity index (χ3n) is 1.07. The molecule has 0 saturated carbocycles. The number of thioether (sulfide) groups is 1. The predicted molar refractivity (Wildman–Crippen MR) is 34.8 cm³/mol. The lowest BCUT2D eigenvalue weighted by molar-refractivity contribution is 0.724. The summed E-state index contributed by atoms with van der Waals surface area (Å²) < 4.78 is 0. The van der Waals surface area contributed by atoms with Crippen molar-refractivity contribution in [2.45, 2.75) is 6.42 Å². The Balaban J connectivity index is 2.04. The summed E-state index contributed by atoms with van der Waals surface area (Å²) >= 11 is 2.05. The molecule has 1 saturated heterocycles. The molecular weight excluding hydrogens is 106 g/mol. The lowest BCUT2D eigenvalue weighted by Crippen LogP contribution is -2.15. The van der Waals surface area contributed by atoms with Crippen LogP contribution in [0.15, 0.2) is 0 Å². The SMILES string of the molecule is C1CNCCSC1. The van der Waals surface area contributed by atoms with Crippen molar-refractivity contribution in [2.24, 2.45) is 0 Å². The molecule has 0 bridgehead atoms. The average molecular weight is 117 g/mol. The normalized spacial score (nSPS) is 24.0. The largest absolute Gasteiger partial charge is 0.316 e. The van der Waals surface area contributed by atoms with Crippen LogP contribution in [0.5, 0.6) is 0 Å². The molecule has 0 spiro atoms. The maximum Gasteiger partial charge on any atom is 0.00581 e. The highest BCUT2D eigenvalue weighted by Gasteiger charge is 1.94. The first kappa shape index (κ1) is 5.45. The summed E-state index contributed by atoms with van der Waals surface area (Å²) in [5.41, 5.74) is 0. The number of nitrogens with one attached hydrogen (secondary N) is 1. The molecule has 1 nitrogen and oxygen atoms in total. The van der Waals surface area contributed by atoms with Gasteiger partial charge in [-0.15, -0.1) is 0 Å². The summed E-state index contributed by atoms with van der Waals surface area (Å²) in [7, 11) is 0. The van der Waals surface area contributed by atoms with Crippen molar-refractivity contribution in [3.8, 4) is 0 Å². The highest BCUT2D eigenvalue weighted by Crippen LogP contribution is 2.02. The first-order chi connectivity index (χ1) is 3.50. The lowest BCUT2D eigenvalue weighted by Gasteiger charge is -1.91. The van der Waals surface area contributed by atoms with E-state index in [0.717, 1.165) is 0 Å². The van der Waals surface area contributed by atoms with Gasteiger partial charge in [-0.3, -0.25) is 0 Å². The van der Waals surface area contributed by atoms with Crippen LogP contribution in [0, 0.1) is 0 Å². The van der Waals surface area contributed by atoms with E-state index in [-0.39, 0.29) is 0 Å². The van der Waals surface area contributed by atoms with E-state index >= 15 is 0 Å². The lowest BCUT2D eigenvalue weighted by atomic mass is 10.5. The highest BCUT2D eigenvalue weighted by molar-refractivity contribution is 7.99. The zero-order valence-electron chi connectivity index (χ0n) is 4.44. The quantitative estimate of drug-likeness (QED) is 0.501. The van der Waals surface area contributed by atoms with Crippen LogP contribution in [0.25, 0.3) is 0 Å².